The molecule has 1 aliphatic heterocycles. The van der Waals surface area contributed by atoms with Crippen molar-refractivity contribution in [2.75, 3.05) is 20.2 Å². The van der Waals surface area contributed by atoms with Crippen LogP contribution in [0.3, 0.4) is 0 Å². The smallest absolute Gasteiger partial charge is 0.233 e. The van der Waals surface area contributed by atoms with Crippen molar-refractivity contribution in [3.05, 3.63) is 66.5 Å². The van der Waals surface area contributed by atoms with Crippen LogP contribution in [0.1, 0.15) is 30.9 Å². The van der Waals surface area contributed by atoms with Gasteiger partial charge in [-0.2, -0.15) is 0 Å². The number of hydrogen-bond donors (Lipinski definition) is 0. The van der Waals surface area contributed by atoms with Gasteiger partial charge in [-0.3, -0.25) is 4.79 Å². The highest BCUT2D eigenvalue weighted by Gasteiger charge is 2.53. The van der Waals surface area contributed by atoms with E-state index < -0.39 is 0 Å². The molecule has 5 rings (SSSR count). The Bertz CT molecular complexity index is 1010. The van der Waals surface area contributed by atoms with E-state index in [2.05, 4.69) is 14.8 Å². The predicted octanol–water partition coefficient (Wildman–Crippen LogP) is 3.46. The first-order valence-electron chi connectivity index (χ1n) is 10.1. The first kappa shape index (κ1) is 17.9. The first-order valence-corrected chi connectivity index (χ1v) is 10.1. The Balaban J connectivity index is 1.34. The van der Waals surface area contributed by atoms with Gasteiger partial charge in [-0.1, -0.05) is 42.5 Å². The second-order valence-corrected chi connectivity index (χ2v) is 7.93. The van der Waals surface area contributed by atoms with E-state index in [4.69, 9.17) is 4.74 Å². The largest absolute Gasteiger partial charge is 0.497 e. The fourth-order valence-corrected chi connectivity index (χ4v) is 4.42. The minimum Gasteiger partial charge on any atom is -0.497 e. The Morgan fingerprint density at radius 1 is 1.10 bits per heavy atom. The second kappa shape index (κ2) is 7.03. The predicted molar refractivity (Wildman–Crippen MR) is 110 cm³/mol. The van der Waals surface area contributed by atoms with Crippen molar-refractivity contribution in [3.8, 4) is 17.1 Å². The number of aromatic nitrogens is 3. The number of methoxy groups -OCH3 is 1. The number of amides is 1. The lowest BCUT2D eigenvalue weighted by Gasteiger charge is -2.24. The van der Waals surface area contributed by atoms with Gasteiger partial charge in [0.2, 0.25) is 5.91 Å². The number of carbonyl (C=O) groups excluding carboxylic acids is 1. The number of rotatable bonds is 5. The lowest BCUT2D eigenvalue weighted by molar-refractivity contribution is -0.133. The fraction of sp³-hybridized carbons (Fsp3) is 0.348. The van der Waals surface area contributed by atoms with Crippen LogP contribution in [-0.4, -0.2) is 45.8 Å². The molecule has 2 heterocycles. The maximum absolute atomic E-state index is 13.4. The molecule has 1 amide bonds. The van der Waals surface area contributed by atoms with Gasteiger partial charge in [0.15, 0.2) is 5.82 Å². The van der Waals surface area contributed by atoms with Gasteiger partial charge in [0, 0.05) is 18.7 Å². The van der Waals surface area contributed by atoms with Crippen LogP contribution in [0, 0.1) is 0 Å². The summed E-state index contributed by atoms with van der Waals surface area (Å²) in [5.41, 5.74) is 1.80. The molecule has 0 N–H and O–H groups in total. The molecule has 6 nitrogen and oxygen atoms in total. The third kappa shape index (κ3) is 3.09. The lowest BCUT2D eigenvalue weighted by Crippen LogP contribution is -2.38. The van der Waals surface area contributed by atoms with Crippen LogP contribution in [0.25, 0.3) is 11.4 Å². The molecular formula is C23H24N4O2. The summed E-state index contributed by atoms with van der Waals surface area (Å²) >= 11 is 0. The summed E-state index contributed by atoms with van der Waals surface area (Å²) in [4.78, 5) is 15.4. The van der Waals surface area contributed by atoms with E-state index in [1.54, 1.807) is 13.4 Å². The van der Waals surface area contributed by atoms with E-state index in [0.717, 1.165) is 48.5 Å². The zero-order valence-corrected chi connectivity index (χ0v) is 16.5. The van der Waals surface area contributed by atoms with Crippen molar-refractivity contribution in [2.24, 2.45) is 0 Å². The van der Waals surface area contributed by atoms with Crippen molar-refractivity contribution in [2.45, 2.75) is 30.7 Å². The monoisotopic (exact) mass is 388 g/mol. The number of hydrogen-bond acceptors (Lipinski definition) is 4. The molecule has 6 heteroatoms. The van der Waals surface area contributed by atoms with E-state index in [1.165, 1.54) is 0 Å². The molecule has 29 heavy (non-hydrogen) atoms. The molecule has 1 saturated heterocycles. The number of ether oxygens (including phenoxy) is 1. The Kier molecular flexibility index (Phi) is 4.34. The van der Waals surface area contributed by atoms with E-state index in [-0.39, 0.29) is 17.4 Å². The quantitative estimate of drug-likeness (QED) is 0.672. The van der Waals surface area contributed by atoms with Crippen LogP contribution in [0.4, 0.5) is 0 Å². The van der Waals surface area contributed by atoms with Crippen LogP contribution in [-0.2, 0) is 10.2 Å². The van der Waals surface area contributed by atoms with Gasteiger partial charge in [0.1, 0.15) is 12.1 Å². The van der Waals surface area contributed by atoms with E-state index >= 15 is 0 Å². The van der Waals surface area contributed by atoms with Crippen LogP contribution < -0.4 is 4.74 Å². The van der Waals surface area contributed by atoms with Crippen LogP contribution in [0.2, 0.25) is 0 Å². The third-order valence-corrected chi connectivity index (χ3v) is 6.25. The molecule has 1 unspecified atom stereocenters. The van der Waals surface area contributed by atoms with Crippen molar-refractivity contribution in [1.29, 1.82) is 0 Å². The summed E-state index contributed by atoms with van der Waals surface area (Å²) in [5.74, 6) is 1.93. The minimum atomic E-state index is -0.351. The molecule has 1 aromatic heterocycles. The van der Waals surface area contributed by atoms with E-state index in [9.17, 15) is 4.79 Å². The summed E-state index contributed by atoms with van der Waals surface area (Å²) in [6.07, 6.45) is 4.54. The molecule has 2 aliphatic rings. The molecule has 3 aromatic rings. The van der Waals surface area contributed by atoms with Gasteiger partial charge in [0.25, 0.3) is 0 Å². The molecule has 2 aromatic carbocycles. The highest BCUT2D eigenvalue weighted by Crippen LogP contribution is 2.50. The molecular weight excluding hydrogens is 364 g/mol. The standard InChI is InChI=1S/C23H24N4O2/c1-29-20-9-7-18(8-10-20)23(12-13-23)22(28)26-14-11-19(15-26)27-16-24-25-21(27)17-5-3-2-4-6-17/h2-10,16,19H,11-15H2,1H3. The summed E-state index contributed by atoms with van der Waals surface area (Å²) in [7, 11) is 1.66. The normalized spacial score (nSPS) is 19.9. The van der Waals surface area contributed by atoms with Gasteiger partial charge in [0.05, 0.1) is 18.6 Å². The molecule has 0 spiro atoms. The summed E-state index contributed by atoms with van der Waals surface area (Å²) in [6.45, 7) is 1.47. The number of nitrogens with zero attached hydrogens (tertiary/aromatic N) is 4. The van der Waals surface area contributed by atoms with Crippen LogP contribution in [0.15, 0.2) is 60.9 Å². The van der Waals surface area contributed by atoms with E-state index in [0.29, 0.717) is 6.54 Å². The van der Waals surface area contributed by atoms with Crippen LogP contribution in [0.5, 0.6) is 5.75 Å². The summed E-state index contributed by atoms with van der Waals surface area (Å²) in [5, 5.41) is 8.46. The van der Waals surface area contributed by atoms with Gasteiger partial charge in [-0.05, 0) is 37.0 Å². The molecule has 0 radical (unpaired) electrons. The maximum Gasteiger partial charge on any atom is 0.233 e. The Morgan fingerprint density at radius 2 is 1.86 bits per heavy atom. The Morgan fingerprint density at radius 3 is 2.55 bits per heavy atom. The number of likely N-dealkylation sites (tertiary alicyclic amines) is 1. The average Bonchev–Trinajstić information content (AvgIpc) is 3.20. The third-order valence-electron chi connectivity index (χ3n) is 6.25. The SMILES string of the molecule is COc1ccc(C2(C(=O)N3CCC(n4cnnc4-c4ccccc4)C3)CC2)cc1. The van der Waals surface area contributed by atoms with Gasteiger partial charge in [-0.15, -0.1) is 10.2 Å². The van der Waals surface area contributed by atoms with Crippen LogP contribution >= 0.6 is 0 Å². The molecule has 0 bridgehead atoms. The van der Waals surface area contributed by atoms with Crippen molar-refractivity contribution in [1.82, 2.24) is 19.7 Å². The zero-order valence-electron chi connectivity index (χ0n) is 16.5. The highest BCUT2D eigenvalue weighted by atomic mass is 16.5. The average molecular weight is 388 g/mol. The van der Waals surface area contributed by atoms with E-state index in [1.807, 2.05) is 59.5 Å². The van der Waals surface area contributed by atoms with Gasteiger partial charge < -0.3 is 14.2 Å². The molecule has 1 aliphatic carbocycles. The Hall–Kier alpha value is -3.15. The summed E-state index contributed by atoms with van der Waals surface area (Å²) < 4.78 is 7.38. The molecule has 2 fully saturated rings. The minimum absolute atomic E-state index is 0.204. The molecule has 148 valence electrons. The zero-order chi connectivity index (χ0) is 19.8. The summed E-state index contributed by atoms with van der Waals surface area (Å²) in [6, 6.07) is 18.2. The van der Waals surface area contributed by atoms with Crippen molar-refractivity contribution < 1.29 is 9.53 Å². The van der Waals surface area contributed by atoms with Crippen molar-refractivity contribution in [3.63, 3.8) is 0 Å². The first-order chi connectivity index (χ1) is 14.2. The van der Waals surface area contributed by atoms with Crippen molar-refractivity contribution >= 4 is 5.91 Å². The maximum atomic E-state index is 13.4. The fourth-order valence-electron chi connectivity index (χ4n) is 4.42. The number of carbonyl (C=O) groups is 1. The van der Waals surface area contributed by atoms with Gasteiger partial charge in [-0.25, -0.2) is 0 Å². The van der Waals surface area contributed by atoms with Gasteiger partial charge >= 0.3 is 0 Å². The Labute approximate surface area is 170 Å². The lowest BCUT2D eigenvalue weighted by atomic mass is 9.94. The molecule has 1 atom stereocenters. The topological polar surface area (TPSA) is 60.2 Å². The highest BCUT2D eigenvalue weighted by molar-refractivity contribution is 5.91. The second-order valence-electron chi connectivity index (χ2n) is 7.93. The number of benzene rings is 2. The molecule has 1 saturated carbocycles.